The Bertz CT molecular complexity index is 502. The summed E-state index contributed by atoms with van der Waals surface area (Å²) in [5.41, 5.74) is 0.147. The number of carboxylic acid groups (broad SMARTS) is 1. The van der Waals surface area contributed by atoms with E-state index in [1.165, 1.54) is 12.1 Å². The third-order valence-electron chi connectivity index (χ3n) is 2.37. The van der Waals surface area contributed by atoms with Crippen LogP contribution in [0.5, 0.6) is 0 Å². The summed E-state index contributed by atoms with van der Waals surface area (Å²) in [4.78, 5) is 22.7. The van der Waals surface area contributed by atoms with E-state index in [0.717, 1.165) is 0 Å². The molecule has 1 aromatic rings. The minimum Gasteiger partial charge on any atom is -0.480 e. The summed E-state index contributed by atoms with van der Waals surface area (Å²) in [5, 5.41) is 22.0. The highest BCUT2D eigenvalue weighted by Crippen LogP contribution is 2.31. The van der Waals surface area contributed by atoms with Crippen molar-refractivity contribution in [3.05, 3.63) is 24.3 Å². The first-order chi connectivity index (χ1) is 9.93. The molecule has 4 N–H and O–H groups in total. The molecule has 0 aliphatic carbocycles. The van der Waals surface area contributed by atoms with Crippen LogP contribution in [0, 0.1) is 0 Å². The maximum Gasteiger partial charge on any atom is 0.326 e. The molecule has 0 aromatic heterocycles. The van der Waals surface area contributed by atoms with Gasteiger partial charge in [0.15, 0.2) is 0 Å². The van der Waals surface area contributed by atoms with E-state index < -0.39 is 30.4 Å². The van der Waals surface area contributed by atoms with Crippen LogP contribution in [-0.4, -0.2) is 40.6 Å². The van der Waals surface area contributed by atoms with Crippen LogP contribution in [0.1, 0.15) is 6.42 Å². The second-order valence-corrected chi connectivity index (χ2v) is 4.91. The Morgan fingerprint density at radius 1 is 1.29 bits per heavy atom. The number of rotatable bonds is 7. The second-order valence-electron chi connectivity index (χ2n) is 3.88. The molecule has 1 atom stereocenters. The van der Waals surface area contributed by atoms with Crippen molar-refractivity contribution in [1.29, 1.82) is 0 Å². The monoisotopic (exact) mass is 320 g/mol. The Balaban J connectivity index is 2.72. The molecule has 0 heterocycles. The molecule has 9 heteroatoms. The lowest BCUT2D eigenvalue weighted by Crippen LogP contribution is -2.43. The Kier molecular flexibility index (Phi) is 6.89. The summed E-state index contributed by atoms with van der Waals surface area (Å²) < 4.78 is 24.8. The van der Waals surface area contributed by atoms with Gasteiger partial charge >= 0.3 is 12.0 Å². The lowest BCUT2D eigenvalue weighted by molar-refractivity contribution is -0.139. The highest BCUT2D eigenvalue weighted by molar-refractivity contribution is 7.99. The Morgan fingerprint density at radius 2 is 1.95 bits per heavy atom. The summed E-state index contributed by atoms with van der Waals surface area (Å²) in [6.07, 6.45) is -0.157. The van der Waals surface area contributed by atoms with Crippen LogP contribution in [0.2, 0.25) is 0 Å². The van der Waals surface area contributed by atoms with Crippen molar-refractivity contribution in [3.63, 3.8) is 0 Å². The van der Waals surface area contributed by atoms with Gasteiger partial charge in [0.05, 0.1) is 5.69 Å². The summed E-state index contributed by atoms with van der Waals surface area (Å²) in [6.45, 7) is -0.408. The molecular formula is C12H14F2N2O4S. The summed E-state index contributed by atoms with van der Waals surface area (Å²) in [7, 11) is 0. The highest BCUT2D eigenvalue weighted by atomic mass is 32.2. The van der Waals surface area contributed by atoms with Gasteiger partial charge in [-0.05, 0) is 12.1 Å². The zero-order valence-corrected chi connectivity index (χ0v) is 11.6. The van der Waals surface area contributed by atoms with Crippen molar-refractivity contribution < 1.29 is 28.6 Å². The van der Waals surface area contributed by atoms with Crippen molar-refractivity contribution >= 4 is 29.4 Å². The summed E-state index contributed by atoms with van der Waals surface area (Å²) >= 11 is 0.270. The molecule has 2 amide bonds. The quantitative estimate of drug-likeness (QED) is 0.576. The van der Waals surface area contributed by atoms with Crippen molar-refractivity contribution in [1.82, 2.24) is 5.32 Å². The van der Waals surface area contributed by atoms with E-state index in [2.05, 4.69) is 10.6 Å². The maximum absolute atomic E-state index is 12.4. The number of aliphatic hydroxyl groups excluding tert-OH is 1. The molecule has 0 fully saturated rings. The van der Waals surface area contributed by atoms with Crippen molar-refractivity contribution in [3.8, 4) is 0 Å². The SMILES string of the molecule is O=C(Nc1ccccc1SC(F)F)NC(CCO)C(=O)O. The average molecular weight is 320 g/mol. The molecule has 0 bridgehead atoms. The van der Waals surface area contributed by atoms with Crippen LogP contribution >= 0.6 is 11.8 Å². The van der Waals surface area contributed by atoms with E-state index >= 15 is 0 Å². The Morgan fingerprint density at radius 3 is 2.52 bits per heavy atom. The number of nitrogens with one attached hydrogen (secondary N) is 2. The number of hydrogen-bond acceptors (Lipinski definition) is 4. The van der Waals surface area contributed by atoms with Crippen molar-refractivity contribution in [2.75, 3.05) is 11.9 Å². The molecule has 6 nitrogen and oxygen atoms in total. The van der Waals surface area contributed by atoms with Gasteiger partial charge < -0.3 is 20.8 Å². The van der Waals surface area contributed by atoms with E-state index in [4.69, 9.17) is 10.2 Å². The van der Waals surface area contributed by atoms with Crippen LogP contribution in [0.4, 0.5) is 19.3 Å². The third-order valence-corrected chi connectivity index (χ3v) is 3.16. The predicted molar refractivity (Wildman–Crippen MR) is 73.6 cm³/mol. The fourth-order valence-corrected chi connectivity index (χ4v) is 2.07. The number of aliphatic hydroxyl groups is 1. The van der Waals surface area contributed by atoms with Gasteiger partial charge in [0, 0.05) is 17.9 Å². The Hall–Kier alpha value is -1.87. The number of alkyl halides is 2. The number of carboxylic acids is 1. The molecule has 1 unspecified atom stereocenters. The zero-order valence-electron chi connectivity index (χ0n) is 10.8. The number of para-hydroxylation sites is 1. The second kappa shape index (κ2) is 8.42. The topological polar surface area (TPSA) is 98.7 Å². The molecular weight excluding hydrogens is 306 g/mol. The van der Waals surface area contributed by atoms with Crippen LogP contribution in [0.25, 0.3) is 0 Å². The van der Waals surface area contributed by atoms with Gasteiger partial charge in [-0.25, -0.2) is 9.59 Å². The van der Waals surface area contributed by atoms with Gasteiger partial charge in [-0.2, -0.15) is 8.78 Å². The molecule has 0 spiro atoms. The Labute approximate surface area is 123 Å². The first-order valence-corrected chi connectivity index (χ1v) is 6.77. The molecule has 0 saturated carbocycles. The van der Waals surface area contributed by atoms with E-state index in [1.54, 1.807) is 12.1 Å². The number of urea groups is 1. The molecule has 1 aromatic carbocycles. The number of hydrogen-bond donors (Lipinski definition) is 4. The number of aliphatic carboxylic acids is 1. The van der Waals surface area contributed by atoms with E-state index in [9.17, 15) is 18.4 Å². The van der Waals surface area contributed by atoms with E-state index in [-0.39, 0.29) is 28.8 Å². The number of thioether (sulfide) groups is 1. The van der Waals surface area contributed by atoms with Crippen molar-refractivity contribution in [2.45, 2.75) is 23.1 Å². The van der Waals surface area contributed by atoms with Gasteiger partial charge in [-0.1, -0.05) is 23.9 Å². The van der Waals surface area contributed by atoms with E-state index in [1.807, 2.05) is 0 Å². The number of carbonyl (C=O) groups excluding carboxylic acids is 1. The average Bonchev–Trinajstić information content (AvgIpc) is 2.39. The predicted octanol–water partition coefficient (Wildman–Crippen LogP) is 1.96. The number of carbonyl (C=O) groups is 2. The third kappa shape index (κ3) is 5.96. The smallest absolute Gasteiger partial charge is 0.326 e. The normalized spacial score (nSPS) is 12.0. The lowest BCUT2D eigenvalue weighted by atomic mass is 10.2. The number of anilines is 1. The van der Waals surface area contributed by atoms with Crippen LogP contribution in [0.15, 0.2) is 29.2 Å². The lowest BCUT2D eigenvalue weighted by Gasteiger charge is -2.15. The van der Waals surface area contributed by atoms with Crippen molar-refractivity contribution in [2.24, 2.45) is 0 Å². The number of halogens is 2. The number of benzene rings is 1. The molecule has 0 aliphatic heterocycles. The van der Waals surface area contributed by atoms with Gasteiger partial charge in [-0.15, -0.1) is 0 Å². The van der Waals surface area contributed by atoms with Crippen LogP contribution in [-0.2, 0) is 4.79 Å². The van der Waals surface area contributed by atoms with Gasteiger partial charge in [0.25, 0.3) is 5.76 Å². The molecule has 116 valence electrons. The fraction of sp³-hybridized carbons (Fsp3) is 0.333. The standard InChI is InChI=1S/C12H14F2N2O4S/c13-11(14)21-9-4-2-1-3-7(9)15-12(20)16-8(5-6-17)10(18)19/h1-4,8,11,17H,5-6H2,(H,18,19)(H2,15,16,20). The first kappa shape index (κ1) is 17.2. The number of amides is 2. The van der Waals surface area contributed by atoms with Crippen LogP contribution < -0.4 is 10.6 Å². The van der Waals surface area contributed by atoms with Crippen LogP contribution in [0.3, 0.4) is 0 Å². The van der Waals surface area contributed by atoms with E-state index in [0.29, 0.717) is 0 Å². The fourth-order valence-electron chi connectivity index (χ4n) is 1.47. The molecule has 1 rings (SSSR count). The molecule has 0 radical (unpaired) electrons. The minimum absolute atomic E-state index is 0.147. The van der Waals surface area contributed by atoms with Gasteiger partial charge in [0.1, 0.15) is 6.04 Å². The minimum atomic E-state index is -2.64. The summed E-state index contributed by atoms with van der Waals surface area (Å²) in [5.74, 6) is -3.94. The molecule has 21 heavy (non-hydrogen) atoms. The zero-order chi connectivity index (χ0) is 15.8. The highest BCUT2D eigenvalue weighted by Gasteiger charge is 2.20. The molecule has 0 saturated heterocycles. The largest absolute Gasteiger partial charge is 0.480 e. The molecule has 0 aliphatic rings. The van der Waals surface area contributed by atoms with Gasteiger partial charge in [-0.3, -0.25) is 0 Å². The summed E-state index contributed by atoms with van der Waals surface area (Å²) in [6, 6.07) is 3.82. The van der Waals surface area contributed by atoms with Gasteiger partial charge in [0.2, 0.25) is 0 Å². The first-order valence-electron chi connectivity index (χ1n) is 5.89. The maximum atomic E-state index is 12.4.